The number of hydrogen-bond acceptors (Lipinski definition) is 4. The predicted octanol–water partition coefficient (Wildman–Crippen LogP) is 0.786. The molecule has 0 amide bonds. The molecule has 94 valence electrons. The first-order valence-electron chi connectivity index (χ1n) is 6.30. The van der Waals surface area contributed by atoms with Crippen molar-refractivity contribution in [1.29, 1.82) is 0 Å². The van der Waals surface area contributed by atoms with E-state index in [1.54, 1.807) is 6.20 Å². The van der Waals surface area contributed by atoms with Gasteiger partial charge in [-0.2, -0.15) is 0 Å². The van der Waals surface area contributed by atoms with E-state index in [4.69, 9.17) is 10.8 Å². The van der Waals surface area contributed by atoms with E-state index >= 15 is 0 Å². The number of nitrogens with zero attached hydrogens (tertiary/aromatic N) is 2. The van der Waals surface area contributed by atoms with Gasteiger partial charge in [-0.15, -0.1) is 0 Å². The van der Waals surface area contributed by atoms with Crippen molar-refractivity contribution in [3.8, 4) is 0 Å². The molecule has 1 aliphatic heterocycles. The Hall–Kier alpha value is -0.970. The van der Waals surface area contributed by atoms with E-state index in [0.29, 0.717) is 19.1 Å². The van der Waals surface area contributed by atoms with E-state index in [9.17, 15) is 0 Å². The smallest absolute Gasteiger partial charge is 0.0485 e. The van der Waals surface area contributed by atoms with Crippen LogP contribution in [-0.4, -0.2) is 41.2 Å². The van der Waals surface area contributed by atoms with Gasteiger partial charge in [-0.1, -0.05) is 6.07 Å². The summed E-state index contributed by atoms with van der Waals surface area (Å²) in [4.78, 5) is 6.57. The summed E-state index contributed by atoms with van der Waals surface area (Å²) in [6.07, 6.45) is 5.75. The highest BCUT2D eigenvalue weighted by atomic mass is 16.3. The van der Waals surface area contributed by atoms with Gasteiger partial charge >= 0.3 is 0 Å². The molecule has 3 N–H and O–H groups in total. The second kappa shape index (κ2) is 6.10. The molecule has 2 atom stereocenters. The molecule has 0 aliphatic carbocycles. The van der Waals surface area contributed by atoms with Crippen molar-refractivity contribution < 1.29 is 5.11 Å². The molecule has 1 aromatic rings. The highest BCUT2D eigenvalue weighted by molar-refractivity contribution is 5.15. The normalized spacial score (nSPS) is 22.8. The Labute approximate surface area is 102 Å². The van der Waals surface area contributed by atoms with Crippen molar-refractivity contribution >= 4 is 0 Å². The minimum Gasteiger partial charge on any atom is -0.396 e. The monoisotopic (exact) mass is 235 g/mol. The zero-order chi connectivity index (χ0) is 12.1. The quantitative estimate of drug-likeness (QED) is 0.792. The molecule has 1 aliphatic rings. The molecule has 1 aromatic heterocycles. The zero-order valence-corrected chi connectivity index (χ0v) is 10.1. The summed E-state index contributed by atoms with van der Waals surface area (Å²) in [5, 5.41) is 8.97. The molecule has 0 saturated carbocycles. The first-order valence-corrected chi connectivity index (χ1v) is 6.30. The number of aliphatic hydroxyl groups excluding tert-OH is 1. The summed E-state index contributed by atoms with van der Waals surface area (Å²) in [5.74, 6) is 0.616. The average molecular weight is 235 g/mol. The fourth-order valence-corrected chi connectivity index (χ4v) is 2.63. The lowest BCUT2D eigenvalue weighted by Crippen LogP contribution is -2.32. The Bertz CT molecular complexity index is 331. The van der Waals surface area contributed by atoms with Gasteiger partial charge < -0.3 is 10.8 Å². The molecular formula is C13H21N3O. The Kier molecular flexibility index (Phi) is 4.48. The molecule has 1 saturated heterocycles. The number of aromatic nitrogens is 1. The largest absolute Gasteiger partial charge is 0.396 e. The number of hydrogen-bond donors (Lipinski definition) is 2. The topological polar surface area (TPSA) is 62.4 Å². The fourth-order valence-electron chi connectivity index (χ4n) is 2.63. The third kappa shape index (κ3) is 3.03. The maximum Gasteiger partial charge on any atom is 0.0485 e. The molecule has 4 nitrogen and oxygen atoms in total. The summed E-state index contributed by atoms with van der Waals surface area (Å²) < 4.78 is 0. The number of rotatable bonds is 5. The maximum atomic E-state index is 8.97. The molecular weight excluding hydrogens is 214 g/mol. The lowest BCUT2D eigenvalue weighted by Gasteiger charge is -2.26. The van der Waals surface area contributed by atoms with Gasteiger partial charge in [0.05, 0.1) is 0 Å². The predicted molar refractivity (Wildman–Crippen MR) is 67.4 cm³/mol. The zero-order valence-electron chi connectivity index (χ0n) is 10.1. The Morgan fingerprint density at radius 3 is 3.12 bits per heavy atom. The summed E-state index contributed by atoms with van der Waals surface area (Å²) in [6.45, 7) is 3.02. The van der Waals surface area contributed by atoms with Crippen LogP contribution >= 0.6 is 0 Å². The van der Waals surface area contributed by atoms with Crippen molar-refractivity contribution in [1.82, 2.24) is 9.88 Å². The van der Waals surface area contributed by atoms with Crippen molar-refractivity contribution in [3.63, 3.8) is 0 Å². The number of likely N-dealkylation sites (tertiary alicyclic amines) is 1. The van der Waals surface area contributed by atoms with E-state index in [1.165, 1.54) is 5.56 Å². The molecule has 2 heterocycles. The standard InChI is InChI=1S/C13H21N3O/c14-8-13(12-2-1-5-15-9-12)16-6-3-11(10-16)4-7-17/h1-2,5,9,11,13,17H,3-4,6-8,10,14H2. The second-order valence-corrected chi connectivity index (χ2v) is 4.70. The van der Waals surface area contributed by atoms with Crippen molar-refractivity contribution in [2.24, 2.45) is 11.7 Å². The van der Waals surface area contributed by atoms with E-state index in [0.717, 1.165) is 25.9 Å². The number of nitrogens with two attached hydrogens (primary N) is 1. The highest BCUT2D eigenvalue weighted by Crippen LogP contribution is 2.27. The van der Waals surface area contributed by atoms with Crippen LogP contribution in [0.2, 0.25) is 0 Å². The lowest BCUT2D eigenvalue weighted by molar-refractivity contribution is 0.222. The molecule has 0 bridgehead atoms. The third-order valence-electron chi connectivity index (χ3n) is 3.59. The van der Waals surface area contributed by atoms with Gasteiger partial charge in [-0.05, 0) is 36.9 Å². The van der Waals surface area contributed by atoms with Crippen LogP contribution in [0.3, 0.4) is 0 Å². The van der Waals surface area contributed by atoms with Gasteiger partial charge in [-0.3, -0.25) is 9.88 Å². The van der Waals surface area contributed by atoms with Crippen LogP contribution in [0.25, 0.3) is 0 Å². The van der Waals surface area contributed by atoms with E-state index in [1.807, 2.05) is 12.3 Å². The van der Waals surface area contributed by atoms with Crippen LogP contribution in [0.5, 0.6) is 0 Å². The molecule has 0 spiro atoms. The summed E-state index contributed by atoms with van der Waals surface area (Å²) >= 11 is 0. The van der Waals surface area contributed by atoms with E-state index in [2.05, 4.69) is 16.0 Å². The van der Waals surface area contributed by atoms with Gasteiger partial charge in [0.1, 0.15) is 0 Å². The van der Waals surface area contributed by atoms with Crippen LogP contribution in [0.4, 0.5) is 0 Å². The summed E-state index contributed by atoms with van der Waals surface area (Å²) in [5.41, 5.74) is 7.08. The van der Waals surface area contributed by atoms with Crippen LogP contribution in [0, 0.1) is 5.92 Å². The first-order chi connectivity index (χ1) is 8.35. The molecule has 4 heteroatoms. The summed E-state index contributed by atoms with van der Waals surface area (Å²) in [6, 6.07) is 4.32. The van der Waals surface area contributed by atoms with Crippen LogP contribution in [-0.2, 0) is 0 Å². The molecule has 0 aromatic carbocycles. The fraction of sp³-hybridized carbons (Fsp3) is 0.615. The second-order valence-electron chi connectivity index (χ2n) is 4.70. The van der Waals surface area contributed by atoms with Gasteiger partial charge in [0.25, 0.3) is 0 Å². The van der Waals surface area contributed by atoms with Crippen molar-refractivity contribution in [2.45, 2.75) is 18.9 Å². The van der Waals surface area contributed by atoms with Gasteiger partial charge in [0.2, 0.25) is 0 Å². The first kappa shape index (κ1) is 12.5. The molecule has 0 radical (unpaired) electrons. The Morgan fingerprint density at radius 2 is 2.47 bits per heavy atom. The number of pyridine rings is 1. The highest BCUT2D eigenvalue weighted by Gasteiger charge is 2.27. The molecule has 1 fully saturated rings. The minimum atomic E-state index is 0.271. The van der Waals surface area contributed by atoms with Gasteiger partial charge in [0, 0.05) is 38.1 Å². The van der Waals surface area contributed by atoms with Crippen molar-refractivity contribution in [3.05, 3.63) is 30.1 Å². The van der Waals surface area contributed by atoms with E-state index < -0.39 is 0 Å². The van der Waals surface area contributed by atoms with Gasteiger partial charge in [0.15, 0.2) is 0 Å². The molecule has 2 rings (SSSR count). The van der Waals surface area contributed by atoms with Gasteiger partial charge in [-0.25, -0.2) is 0 Å². The van der Waals surface area contributed by atoms with E-state index in [-0.39, 0.29) is 6.04 Å². The molecule has 2 unspecified atom stereocenters. The minimum absolute atomic E-state index is 0.271. The average Bonchev–Trinajstić information content (AvgIpc) is 2.81. The van der Waals surface area contributed by atoms with Crippen LogP contribution in [0.1, 0.15) is 24.4 Å². The third-order valence-corrected chi connectivity index (χ3v) is 3.59. The Morgan fingerprint density at radius 1 is 1.59 bits per heavy atom. The van der Waals surface area contributed by atoms with Crippen molar-refractivity contribution in [2.75, 3.05) is 26.2 Å². The van der Waals surface area contributed by atoms with Crippen LogP contribution < -0.4 is 5.73 Å². The Balaban J connectivity index is 2.01. The number of aliphatic hydroxyl groups is 1. The maximum absolute atomic E-state index is 8.97. The molecule has 17 heavy (non-hydrogen) atoms. The van der Waals surface area contributed by atoms with Crippen LogP contribution in [0.15, 0.2) is 24.5 Å². The summed E-state index contributed by atoms with van der Waals surface area (Å²) in [7, 11) is 0. The lowest BCUT2D eigenvalue weighted by atomic mass is 10.1. The SMILES string of the molecule is NCC(c1cccnc1)N1CCC(CCO)C1.